The van der Waals surface area contributed by atoms with Gasteiger partial charge in [-0.2, -0.15) is 0 Å². The number of nitrogens with one attached hydrogen (secondary N) is 2. The van der Waals surface area contributed by atoms with E-state index in [1.54, 1.807) is 7.11 Å². The molecule has 0 radical (unpaired) electrons. The topological polar surface area (TPSA) is 48.9 Å². The van der Waals surface area contributed by atoms with Gasteiger partial charge < -0.3 is 15.4 Å². The number of hydrogen-bond acceptors (Lipinski definition) is 3. The summed E-state index contributed by atoms with van der Waals surface area (Å²) in [7, 11) is 3.66. The maximum absolute atomic E-state index is 5.32. The highest BCUT2D eigenvalue weighted by Gasteiger charge is 2.33. The molecule has 0 aliphatic heterocycles. The van der Waals surface area contributed by atoms with Crippen LogP contribution in [0.1, 0.15) is 66.2 Å². The number of methoxy groups -OCH3 is 1. The average Bonchev–Trinajstić information content (AvgIpc) is 3.04. The summed E-state index contributed by atoms with van der Waals surface area (Å²) in [6.45, 7) is 13.0. The predicted molar refractivity (Wildman–Crippen MR) is 108 cm³/mol. The van der Waals surface area contributed by atoms with Gasteiger partial charge in [-0.15, -0.1) is 0 Å². The molecule has 1 rings (SSSR count). The third-order valence-corrected chi connectivity index (χ3v) is 5.57. The van der Waals surface area contributed by atoms with Crippen LogP contribution in [-0.4, -0.2) is 63.3 Å². The monoisotopic (exact) mass is 354 g/mol. The lowest BCUT2D eigenvalue weighted by Crippen LogP contribution is -2.44. The van der Waals surface area contributed by atoms with Crippen molar-refractivity contribution >= 4 is 5.96 Å². The van der Waals surface area contributed by atoms with Gasteiger partial charge in [0, 0.05) is 52.5 Å². The van der Waals surface area contributed by atoms with Crippen molar-refractivity contribution in [2.45, 2.75) is 78.3 Å². The molecule has 1 aliphatic carbocycles. The molecule has 0 saturated heterocycles. The quantitative estimate of drug-likeness (QED) is 0.340. The molecule has 0 aromatic heterocycles. The van der Waals surface area contributed by atoms with E-state index in [0.29, 0.717) is 17.5 Å². The second kappa shape index (κ2) is 11.7. The highest BCUT2D eigenvalue weighted by Crippen LogP contribution is 2.40. The molecule has 1 saturated carbocycles. The standard InChI is InChI=1S/C20H42N4O/c1-17(2)24(18(3)4)14-9-13-22-19(21-5)23-16-20(12-15-25-6)10-7-8-11-20/h17-18H,7-16H2,1-6H3,(H2,21,22,23). The number of rotatable bonds is 11. The maximum atomic E-state index is 5.32. The molecule has 148 valence electrons. The SMILES string of the molecule is CN=C(NCCCN(C(C)C)C(C)C)NCC1(CCOC)CCCC1. The fourth-order valence-corrected chi connectivity index (χ4v) is 4.03. The Morgan fingerprint density at radius 1 is 1.12 bits per heavy atom. The van der Waals surface area contributed by atoms with Gasteiger partial charge in [0.15, 0.2) is 5.96 Å². The summed E-state index contributed by atoms with van der Waals surface area (Å²) >= 11 is 0. The summed E-state index contributed by atoms with van der Waals surface area (Å²) in [5, 5.41) is 7.05. The molecule has 5 heteroatoms. The maximum Gasteiger partial charge on any atom is 0.190 e. The second-order valence-electron chi connectivity index (χ2n) is 8.08. The lowest BCUT2D eigenvalue weighted by Gasteiger charge is -2.31. The Bertz CT molecular complexity index is 368. The summed E-state index contributed by atoms with van der Waals surface area (Å²) in [6.07, 6.45) is 7.57. The fraction of sp³-hybridized carbons (Fsp3) is 0.950. The van der Waals surface area contributed by atoms with E-state index >= 15 is 0 Å². The molecule has 0 atom stereocenters. The van der Waals surface area contributed by atoms with Crippen LogP contribution < -0.4 is 10.6 Å². The molecular weight excluding hydrogens is 312 g/mol. The van der Waals surface area contributed by atoms with Crippen LogP contribution in [0.3, 0.4) is 0 Å². The normalized spacial score (nSPS) is 17.7. The first-order valence-electron chi connectivity index (χ1n) is 10.1. The summed E-state index contributed by atoms with van der Waals surface area (Å²) in [4.78, 5) is 6.93. The van der Waals surface area contributed by atoms with E-state index in [4.69, 9.17) is 4.74 Å². The van der Waals surface area contributed by atoms with Crippen LogP contribution in [0.2, 0.25) is 0 Å². The molecule has 0 bridgehead atoms. The van der Waals surface area contributed by atoms with Crippen molar-refractivity contribution in [1.82, 2.24) is 15.5 Å². The first-order chi connectivity index (χ1) is 11.9. The van der Waals surface area contributed by atoms with Crippen LogP contribution in [-0.2, 0) is 4.74 Å². The Kier molecular flexibility index (Phi) is 10.4. The smallest absolute Gasteiger partial charge is 0.190 e. The molecule has 0 aromatic rings. The van der Waals surface area contributed by atoms with Crippen molar-refractivity contribution < 1.29 is 4.74 Å². The largest absolute Gasteiger partial charge is 0.385 e. The van der Waals surface area contributed by atoms with E-state index in [1.165, 1.54) is 25.7 Å². The Morgan fingerprint density at radius 3 is 2.28 bits per heavy atom. The Morgan fingerprint density at radius 2 is 1.76 bits per heavy atom. The van der Waals surface area contributed by atoms with Gasteiger partial charge in [0.2, 0.25) is 0 Å². The number of ether oxygens (including phenoxy) is 1. The molecule has 0 amide bonds. The minimum absolute atomic E-state index is 0.389. The van der Waals surface area contributed by atoms with E-state index in [1.807, 2.05) is 7.05 Å². The zero-order valence-corrected chi connectivity index (χ0v) is 17.5. The minimum Gasteiger partial charge on any atom is -0.385 e. The van der Waals surface area contributed by atoms with Gasteiger partial charge in [-0.05, 0) is 58.8 Å². The summed E-state index contributed by atoms with van der Waals surface area (Å²) in [5.74, 6) is 0.935. The van der Waals surface area contributed by atoms with Gasteiger partial charge in [-0.3, -0.25) is 9.89 Å². The lowest BCUT2D eigenvalue weighted by molar-refractivity contribution is 0.138. The Labute approximate surface area is 156 Å². The highest BCUT2D eigenvalue weighted by molar-refractivity contribution is 5.79. The minimum atomic E-state index is 0.389. The number of guanidine groups is 1. The van der Waals surface area contributed by atoms with Crippen molar-refractivity contribution in [2.24, 2.45) is 10.4 Å². The van der Waals surface area contributed by atoms with Crippen LogP contribution in [0.4, 0.5) is 0 Å². The van der Waals surface area contributed by atoms with Crippen molar-refractivity contribution in [2.75, 3.05) is 40.4 Å². The summed E-state index contributed by atoms with van der Waals surface area (Å²) < 4.78 is 5.32. The van der Waals surface area contributed by atoms with Crippen LogP contribution in [0.25, 0.3) is 0 Å². The number of aliphatic imine (C=N–C) groups is 1. The number of hydrogen-bond donors (Lipinski definition) is 2. The first-order valence-corrected chi connectivity index (χ1v) is 10.1. The van der Waals surface area contributed by atoms with Crippen molar-refractivity contribution in [3.8, 4) is 0 Å². The molecule has 5 nitrogen and oxygen atoms in total. The third kappa shape index (κ3) is 7.95. The van der Waals surface area contributed by atoms with Crippen LogP contribution in [0, 0.1) is 5.41 Å². The number of nitrogens with zero attached hydrogens (tertiary/aromatic N) is 2. The fourth-order valence-electron chi connectivity index (χ4n) is 4.03. The van der Waals surface area contributed by atoms with Gasteiger partial charge in [-0.25, -0.2) is 0 Å². The van der Waals surface area contributed by atoms with E-state index in [2.05, 4.69) is 48.2 Å². The third-order valence-electron chi connectivity index (χ3n) is 5.57. The molecule has 0 spiro atoms. The van der Waals surface area contributed by atoms with E-state index in [9.17, 15) is 0 Å². The van der Waals surface area contributed by atoms with Gasteiger partial charge in [0.05, 0.1) is 0 Å². The Balaban J connectivity index is 2.34. The van der Waals surface area contributed by atoms with E-state index in [0.717, 1.165) is 45.0 Å². The molecule has 0 aromatic carbocycles. The zero-order chi connectivity index (χ0) is 18.7. The molecular formula is C20H42N4O. The van der Waals surface area contributed by atoms with Crippen LogP contribution >= 0.6 is 0 Å². The van der Waals surface area contributed by atoms with Gasteiger partial charge in [0.1, 0.15) is 0 Å². The Hall–Kier alpha value is -0.810. The molecule has 2 N–H and O–H groups in total. The van der Waals surface area contributed by atoms with Crippen LogP contribution in [0.15, 0.2) is 4.99 Å². The molecule has 1 aliphatic rings. The van der Waals surface area contributed by atoms with Gasteiger partial charge >= 0.3 is 0 Å². The van der Waals surface area contributed by atoms with Crippen molar-refractivity contribution in [3.63, 3.8) is 0 Å². The van der Waals surface area contributed by atoms with Crippen molar-refractivity contribution in [1.29, 1.82) is 0 Å². The highest BCUT2D eigenvalue weighted by atomic mass is 16.5. The van der Waals surface area contributed by atoms with E-state index < -0.39 is 0 Å². The predicted octanol–water partition coefficient (Wildman–Crippen LogP) is 3.26. The molecule has 25 heavy (non-hydrogen) atoms. The average molecular weight is 355 g/mol. The van der Waals surface area contributed by atoms with E-state index in [-0.39, 0.29) is 0 Å². The van der Waals surface area contributed by atoms with Crippen molar-refractivity contribution in [3.05, 3.63) is 0 Å². The zero-order valence-electron chi connectivity index (χ0n) is 17.5. The summed E-state index contributed by atoms with van der Waals surface area (Å²) in [5.41, 5.74) is 0.389. The molecule has 1 fully saturated rings. The second-order valence-corrected chi connectivity index (χ2v) is 8.08. The molecule has 0 heterocycles. The first kappa shape index (κ1) is 22.2. The molecule has 0 unspecified atom stereocenters. The van der Waals surface area contributed by atoms with Gasteiger partial charge in [0.25, 0.3) is 0 Å². The van der Waals surface area contributed by atoms with Crippen LogP contribution in [0.5, 0.6) is 0 Å². The summed E-state index contributed by atoms with van der Waals surface area (Å²) in [6, 6.07) is 1.20. The lowest BCUT2D eigenvalue weighted by atomic mass is 9.83. The van der Waals surface area contributed by atoms with Gasteiger partial charge in [-0.1, -0.05) is 12.8 Å².